The summed E-state index contributed by atoms with van der Waals surface area (Å²) in [4.78, 5) is 13.9. The van der Waals surface area contributed by atoms with Gasteiger partial charge in [0.15, 0.2) is 0 Å². The predicted octanol–water partition coefficient (Wildman–Crippen LogP) is 2.54. The second-order valence-corrected chi connectivity index (χ2v) is 7.00. The number of thioether (sulfide) groups is 1. The minimum atomic E-state index is -0.0846. The highest BCUT2D eigenvalue weighted by Gasteiger charge is 2.44. The van der Waals surface area contributed by atoms with Gasteiger partial charge in [0, 0.05) is 23.9 Å². The lowest BCUT2D eigenvalue weighted by molar-refractivity contribution is -0.155. The normalized spacial score (nSPS) is 24.6. The van der Waals surface area contributed by atoms with Crippen LogP contribution in [0.2, 0.25) is 0 Å². The van der Waals surface area contributed by atoms with Crippen molar-refractivity contribution in [3.63, 3.8) is 0 Å². The Labute approximate surface area is 109 Å². The van der Waals surface area contributed by atoms with Crippen LogP contribution < -0.4 is 0 Å². The van der Waals surface area contributed by atoms with Crippen molar-refractivity contribution in [2.24, 2.45) is 0 Å². The van der Waals surface area contributed by atoms with Crippen LogP contribution in [0.15, 0.2) is 0 Å². The Hall–Kier alpha value is -0.220. The molecule has 1 aliphatic heterocycles. The van der Waals surface area contributed by atoms with Crippen LogP contribution in [0.5, 0.6) is 0 Å². The van der Waals surface area contributed by atoms with Gasteiger partial charge in [-0.15, -0.1) is 0 Å². The molecule has 0 aromatic carbocycles. The highest BCUT2D eigenvalue weighted by atomic mass is 32.2. The third-order valence-electron chi connectivity index (χ3n) is 3.83. The summed E-state index contributed by atoms with van der Waals surface area (Å²) < 4.78 is 5.56. The van der Waals surface area contributed by atoms with E-state index in [1.807, 2.05) is 6.26 Å². The van der Waals surface area contributed by atoms with E-state index in [1.165, 1.54) is 11.8 Å². The third kappa shape index (κ3) is 3.62. The van der Waals surface area contributed by atoms with Crippen LogP contribution in [-0.2, 0) is 9.53 Å². The van der Waals surface area contributed by atoms with Crippen LogP contribution in [-0.4, -0.2) is 47.1 Å². The molecule has 0 bridgehead atoms. The summed E-state index contributed by atoms with van der Waals surface area (Å²) >= 11 is 1.51. The second-order valence-electron chi connectivity index (χ2n) is 6.14. The molecule has 0 saturated carbocycles. The largest absolute Gasteiger partial charge is 0.462 e. The molecule has 1 aliphatic rings. The van der Waals surface area contributed by atoms with Gasteiger partial charge in [0.1, 0.15) is 6.10 Å². The first-order chi connectivity index (χ1) is 7.69. The molecule has 17 heavy (non-hydrogen) atoms. The molecule has 1 heterocycles. The molecule has 0 spiro atoms. The molecular formula is C13H25NO2S. The summed E-state index contributed by atoms with van der Waals surface area (Å²) in [5.41, 5.74) is 0.151. The fourth-order valence-electron chi connectivity index (χ4n) is 2.70. The van der Waals surface area contributed by atoms with E-state index >= 15 is 0 Å². The summed E-state index contributed by atoms with van der Waals surface area (Å²) in [5.74, 6) is 0.367. The van der Waals surface area contributed by atoms with Crippen LogP contribution in [0.3, 0.4) is 0 Å². The number of hydrogen-bond acceptors (Lipinski definition) is 4. The third-order valence-corrected chi connectivity index (χ3v) is 4.36. The molecule has 0 radical (unpaired) electrons. The Morgan fingerprint density at radius 1 is 1.29 bits per heavy atom. The van der Waals surface area contributed by atoms with E-state index in [0.717, 1.165) is 12.8 Å². The van der Waals surface area contributed by atoms with Gasteiger partial charge in [0.25, 0.3) is 0 Å². The van der Waals surface area contributed by atoms with Crippen LogP contribution >= 0.6 is 11.8 Å². The molecule has 0 unspecified atom stereocenters. The van der Waals surface area contributed by atoms with Gasteiger partial charge in [-0.1, -0.05) is 0 Å². The number of carbonyl (C=O) groups excluding carboxylic acids is 1. The topological polar surface area (TPSA) is 29.5 Å². The molecule has 1 fully saturated rings. The van der Waals surface area contributed by atoms with Gasteiger partial charge in [0.2, 0.25) is 0 Å². The second kappa shape index (κ2) is 5.19. The quantitative estimate of drug-likeness (QED) is 0.729. The molecule has 4 heteroatoms. The number of carbonyl (C=O) groups is 1. The number of ether oxygens (including phenoxy) is 1. The first-order valence-corrected chi connectivity index (χ1v) is 7.51. The maximum Gasteiger partial charge on any atom is 0.316 e. The first kappa shape index (κ1) is 14.8. The van der Waals surface area contributed by atoms with Gasteiger partial charge < -0.3 is 4.74 Å². The van der Waals surface area contributed by atoms with Gasteiger partial charge in [-0.25, -0.2) is 0 Å². The molecule has 0 N–H and O–H groups in total. The van der Waals surface area contributed by atoms with E-state index in [2.05, 4.69) is 39.6 Å². The molecule has 3 nitrogen and oxygen atoms in total. The Morgan fingerprint density at radius 2 is 1.76 bits per heavy atom. The molecule has 0 aromatic heterocycles. The van der Waals surface area contributed by atoms with Crippen LogP contribution in [0.4, 0.5) is 0 Å². The number of hydrogen-bond donors (Lipinski definition) is 0. The van der Waals surface area contributed by atoms with E-state index in [9.17, 15) is 4.79 Å². The summed E-state index contributed by atoms with van der Waals surface area (Å²) in [6.07, 6.45) is 3.79. The number of piperidine rings is 1. The maximum absolute atomic E-state index is 11.6. The standard InChI is InChI=1S/C13H25NO2S/c1-12(2)7-10(16-11(15)9-17-6)8-13(3,4)14(12)5/h10H,7-9H2,1-6H3. The van der Waals surface area contributed by atoms with Gasteiger partial charge in [-0.05, 0) is 41.0 Å². The zero-order valence-corrected chi connectivity index (χ0v) is 12.7. The monoisotopic (exact) mass is 259 g/mol. The van der Waals surface area contributed by atoms with Crippen LogP contribution in [0, 0.1) is 0 Å². The highest BCUT2D eigenvalue weighted by Crippen LogP contribution is 2.38. The van der Waals surface area contributed by atoms with E-state index in [0.29, 0.717) is 5.75 Å². The number of rotatable bonds is 3. The molecule has 1 saturated heterocycles. The van der Waals surface area contributed by atoms with Crippen LogP contribution in [0.1, 0.15) is 40.5 Å². The minimum Gasteiger partial charge on any atom is -0.462 e. The van der Waals surface area contributed by atoms with Crippen molar-refractivity contribution >= 4 is 17.7 Å². The first-order valence-electron chi connectivity index (χ1n) is 6.11. The summed E-state index contributed by atoms with van der Waals surface area (Å²) in [6.45, 7) is 8.85. The van der Waals surface area contributed by atoms with Crippen molar-refractivity contribution in [3.05, 3.63) is 0 Å². The lowest BCUT2D eigenvalue weighted by Gasteiger charge is -2.53. The lowest BCUT2D eigenvalue weighted by Crippen LogP contribution is -2.60. The molecular weight excluding hydrogens is 234 g/mol. The summed E-state index contributed by atoms with van der Waals surface area (Å²) in [5, 5.41) is 0. The number of nitrogens with zero attached hydrogens (tertiary/aromatic N) is 1. The highest BCUT2D eigenvalue weighted by molar-refractivity contribution is 7.99. The van der Waals surface area contributed by atoms with Crippen molar-refractivity contribution in [2.45, 2.75) is 57.7 Å². The van der Waals surface area contributed by atoms with Crippen molar-refractivity contribution < 1.29 is 9.53 Å². The van der Waals surface area contributed by atoms with Gasteiger partial charge >= 0.3 is 5.97 Å². The lowest BCUT2D eigenvalue weighted by atomic mass is 9.79. The number of likely N-dealkylation sites (tertiary alicyclic amines) is 1. The Kier molecular flexibility index (Phi) is 4.53. The zero-order valence-electron chi connectivity index (χ0n) is 11.9. The molecule has 0 aromatic rings. The van der Waals surface area contributed by atoms with Crippen molar-refractivity contribution in [3.8, 4) is 0 Å². The van der Waals surface area contributed by atoms with Crippen LogP contribution in [0.25, 0.3) is 0 Å². The van der Waals surface area contributed by atoms with Gasteiger partial charge in [-0.3, -0.25) is 9.69 Å². The average Bonchev–Trinajstić information content (AvgIpc) is 2.13. The molecule has 100 valence electrons. The zero-order chi connectivity index (χ0) is 13.3. The summed E-state index contributed by atoms with van der Waals surface area (Å²) in [6, 6.07) is 0. The van der Waals surface area contributed by atoms with E-state index in [1.54, 1.807) is 0 Å². The maximum atomic E-state index is 11.6. The smallest absolute Gasteiger partial charge is 0.316 e. The van der Waals surface area contributed by atoms with Crippen molar-refractivity contribution in [1.82, 2.24) is 4.90 Å². The molecule has 1 rings (SSSR count). The van der Waals surface area contributed by atoms with Crippen molar-refractivity contribution in [2.75, 3.05) is 19.1 Å². The molecule has 0 atom stereocenters. The fourth-order valence-corrected chi connectivity index (χ4v) is 3.00. The van der Waals surface area contributed by atoms with Gasteiger partial charge in [-0.2, -0.15) is 11.8 Å². The average molecular weight is 259 g/mol. The van der Waals surface area contributed by atoms with E-state index in [-0.39, 0.29) is 23.2 Å². The number of esters is 1. The molecule has 0 aliphatic carbocycles. The summed E-state index contributed by atoms with van der Waals surface area (Å²) in [7, 11) is 2.15. The van der Waals surface area contributed by atoms with E-state index < -0.39 is 0 Å². The Balaban J connectivity index is 2.68. The Morgan fingerprint density at radius 3 is 2.18 bits per heavy atom. The van der Waals surface area contributed by atoms with Crippen molar-refractivity contribution in [1.29, 1.82) is 0 Å². The molecule has 0 amide bonds. The minimum absolute atomic E-state index is 0.0517. The Bertz CT molecular complexity index is 271. The SMILES string of the molecule is CSCC(=O)OC1CC(C)(C)N(C)C(C)(C)C1. The van der Waals surface area contributed by atoms with E-state index in [4.69, 9.17) is 4.74 Å². The predicted molar refractivity (Wildman–Crippen MR) is 73.4 cm³/mol. The fraction of sp³-hybridized carbons (Fsp3) is 0.923. The van der Waals surface area contributed by atoms with Gasteiger partial charge in [0.05, 0.1) is 5.75 Å².